The van der Waals surface area contributed by atoms with E-state index in [0.717, 1.165) is 31.5 Å². The van der Waals surface area contributed by atoms with E-state index in [4.69, 9.17) is 6.57 Å². The molecule has 0 N–H and O–H groups in total. The molecular formula is C14H16N2O. The molecule has 3 nitrogen and oxygen atoms in total. The van der Waals surface area contributed by atoms with E-state index >= 15 is 0 Å². The number of carbonyl (C=O) groups is 1. The van der Waals surface area contributed by atoms with Crippen molar-refractivity contribution >= 4 is 11.5 Å². The van der Waals surface area contributed by atoms with Gasteiger partial charge in [0.2, 0.25) is 0 Å². The third kappa shape index (κ3) is 2.72. The summed E-state index contributed by atoms with van der Waals surface area (Å²) < 4.78 is 0. The first-order chi connectivity index (χ1) is 8.20. The lowest BCUT2D eigenvalue weighted by molar-refractivity contribution is -0.121. The molecule has 0 amide bonds. The lowest BCUT2D eigenvalue weighted by Crippen LogP contribution is -2.34. The molecular weight excluding hydrogens is 212 g/mol. The molecule has 1 atom stereocenters. The number of hydrogen-bond donors (Lipinski definition) is 0. The number of hydrogen-bond acceptors (Lipinski definition) is 2. The van der Waals surface area contributed by atoms with Gasteiger partial charge in [-0.3, -0.25) is 9.69 Å². The topological polar surface area (TPSA) is 24.7 Å². The van der Waals surface area contributed by atoms with Crippen LogP contribution in [-0.4, -0.2) is 23.3 Å². The summed E-state index contributed by atoms with van der Waals surface area (Å²) >= 11 is 0. The van der Waals surface area contributed by atoms with Crippen molar-refractivity contribution in [2.75, 3.05) is 6.54 Å². The van der Waals surface area contributed by atoms with Crippen molar-refractivity contribution < 1.29 is 4.79 Å². The Morgan fingerprint density at radius 3 is 3.12 bits per heavy atom. The summed E-state index contributed by atoms with van der Waals surface area (Å²) in [5.41, 5.74) is 1.78. The summed E-state index contributed by atoms with van der Waals surface area (Å²) in [6.45, 7) is 10.4. The number of nitrogens with zero attached hydrogens (tertiary/aromatic N) is 2. The van der Waals surface area contributed by atoms with Gasteiger partial charge in [0.15, 0.2) is 5.69 Å². The average Bonchev–Trinajstić information content (AvgIpc) is 2.77. The van der Waals surface area contributed by atoms with Crippen LogP contribution in [0.15, 0.2) is 24.3 Å². The maximum Gasteiger partial charge on any atom is 0.187 e. The Morgan fingerprint density at radius 1 is 1.59 bits per heavy atom. The number of likely N-dealkylation sites (tertiary alicyclic amines) is 1. The molecule has 1 aromatic rings. The lowest BCUT2D eigenvalue weighted by Gasteiger charge is -2.22. The van der Waals surface area contributed by atoms with Crippen LogP contribution in [0.5, 0.6) is 0 Å². The van der Waals surface area contributed by atoms with E-state index in [1.165, 1.54) is 0 Å². The molecule has 1 unspecified atom stereocenters. The molecule has 3 heteroatoms. The Hall–Kier alpha value is -1.66. The fourth-order valence-electron chi connectivity index (χ4n) is 2.43. The van der Waals surface area contributed by atoms with E-state index in [2.05, 4.69) is 9.74 Å². The average molecular weight is 228 g/mol. The highest BCUT2D eigenvalue weighted by Crippen LogP contribution is 2.22. The van der Waals surface area contributed by atoms with Gasteiger partial charge in [0.05, 0.1) is 12.6 Å². The minimum absolute atomic E-state index is 0.0756. The largest absolute Gasteiger partial charge is 0.298 e. The second-order valence-corrected chi connectivity index (χ2v) is 4.52. The van der Waals surface area contributed by atoms with E-state index < -0.39 is 0 Å². The number of Topliss-reactive ketones (excluding diaryl/α,β-unsaturated/α-hetero) is 1. The van der Waals surface area contributed by atoms with Gasteiger partial charge in [-0.25, -0.2) is 4.85 Å². The van der Waals surface area contributed by atoms with E-state index in [-0.39, 0.29) is 11.8 Å². The minimum Gasteiger partial charge on any atom is -0.298 e. The van der Waals surface area contributed by atoms with Crippen LogP contribution in [0.2, 0.25) is 0 Å². The zero-order chi connectivity index (χ0) is 12.3. The first-order valence-corrected chi connectivity index (χ1v) is 5.91. The maximum atomic E-state index is 11.5. The zero-order valence-electron chi connectivity index (χ0n) is 10.0. The Kier molecular flexibility index (Phi) is 3.55. The van der Waals surface area contributed by atoms with E-state index in [1.807, 2.05) is 24.3 Å². The Morgan fingerprint density at radius 2 is 2.41 bits per heavy atom. The van der Waals surface area contributed by atoms with E-state index in [0.29, 0.717) is 5.69 Å². The molecule has 1 fully saturated rings. The molecule has 0 saturated carbocycles. The molecule has 1 saturated heterocycles. The first-order valence-electron chi connectivity index (χ1n) is 5.91. The van der Waals surface area contributed by atoms with E-state index in [1.54, 1.807) is 6.92 Å². The van der Waals surface area contributed by atoms with Crippen LogP contribution in [-0.2, 0) is 11.3 Å². The lowest BCUT2D eigenvalue weighted by atomic mass is 10.1. The number of ketones is 1. The van der Waals surface area contributed by atoms with Gasteiger partial charge in [0.1, 0.15) is 5.78 Å². The summed E-state index contributed by atoms with van der Waals surface area (Å²) in [7, 11) is 0. The summed E-state index contributed by atoms with van der Waals surface area (Å²) in [6.07, 6.45) is 2.06. The van der Waals surface area contributed by atoms with Crippen LogP contribution in [0.4, 0.5) is 5.69 Å². The summed E-state index contributed by atoms with van der Waals surface area (Å²) in [4.78, 5) is 17.1. The van der Waals surface area contributed by atoms with Gasteiger partial charge in [-0.2, -0.15) is 0 Å². The van der Waals surface area contributed by atoms with Crippen LogP contribution in [0, 0.1) is 6.57 Å². The molecule has 0 aromatic heterocycles. The quantitative estimate of drug-likeness (QED) is 0.743. The van der Waals surface area contributed by atoms with Gasteiger partial charge in [-0.1, -0.05) is 24.3 Å². The predicted molar refractivity (Wildman–Crippen MR) is 66.8 cm³/mol. The molecule has 0 bridgehead atoms. The van der Waals surface area contributed by atoms with Crippen LogP contribution in [0.1, 0.15) is 25.3 Å². The predicted octanol–water partition coefficient (Wildman–Crippen LogP) is 2.79. The van der Waals surface area contributed by atoms with Gasteiger partial charge in [0.25, 0.3) is 0 Å². The van der Waals surface area contributed by atoms with Gasteiger partial charge < -0.3 is 0 Å². The highest BCUT2D eigenvalue weighted by Gasteiger charge is 2.27. The second kappa shape index (κ2) is 5.11. The Balaban J connectivity index is 2.10. The summed E-state index contributed by atoms with van der Waals surface area (Å²) in [5, 5.41) is 0. The Labute approximate surface area is 102 Å². The molecule has 17 heavy (non-hydrogen) atoms. The van der Waals surface area contributed by atoms with Gasteiger partial charge in [-0.05, 0) is 31.9 Å². The van der Waals surface area contributed by atoms with E-state index in [9.17, 15) is 4.79 Å². The van der Waals surface area contributed by atoms with Crippen molar-refractivity contribution in [1.82, 2.24) is 4.90 Å². The summed E-state index contributed by atoms with van der Waals surface area (Å²) in [5.74, 6) is 0.254. The smallest absolute Gasteiger partial charge is 0.187 e. The fraction of sp³-hybridized carbons (Fsp3) is 0.429. The third-order valence-corrected chi connectivity index (χ3v) is 3.26. The van der Waals surface area contributed by atoms with Crippen LogP contribution >= 0.6 is 0 Å². The van der Waals surface area contributed by atoms with Crippen molar-refractivity contribution in [1.29, 1.82) is 0 Å². The maximum absolute atomic E-state index is 11.5. The normalized spacial score (nSPS) is 20.1. The number of benzene rings is 1. The molecule has 0 spiro atoms. The molecule has 1 aliphatic heterocycles. The molecule has 88 valence electrons. The van der Waals surface area contributed by atoms with Crippen molar-refractivity contribution in [2.24, 2.45) is 0 Å². The molecule has 0 aliphatic carbocycles. The molecule has 1 heterocycles. The van der Waals surface area contributed by atoms with Crippen molar-refractivity contribution in [3.05, 3.63) is 41.2 Å². The fourth-order valence-corrected chi connectivity index (χ4v) is 2.43. The first kappa shape index (κ1) is 11.8. The second-order valence-electron chi connectivity index (χ2n) is 4.52. The third-order valence-electron chi connectivity index (χ3n) is 3.26. The SMILES string of the molecule is [C-]#[N+]c1cccc(CN2CCCC2C(C)=O)c1. The zero-order valence-corrected chi connectivity index (χ0v) is 10.0. The van der Waals surface area contributed by atoms with Gasteiger partial charge >= 0.3 is 0 Å². The van der Waals surface area contributed by atoms with Gasteiger partial charge in [0, 0.05) is 6.54 Å². The standard InChI is InChI=1S/C14H16N2O/c1-11(17)14-7-4-8-16(14)10-12-5-3-6-13(9-12)15-2/h3,5-6,9,14H,4,7-8,10H2,1H3. The minimum atomic E-state index is 0.0756. The highest BCUT2D eigenvalue weighted by molar-refractivity contribution is 5.81. The van der Waals surface area contributed by atoms with Crippen molar-refractivity contribution in [2.45, 2.75) is 32.4 Å². The molecule has 1 aromatic carbocycles. The van der Waals surface area contributed by atoms with Gasteiger partial charge in [-0.15, -0.1) is 0 Å². The van der Waals surface area contributed by atoms with Crippen molar-refractivity contribution in [3.63, 3.8) is 0 Å². The molecule has 0 radical (unpaired) electrons. The highest BCUT2D eigenvalue weighted by atomic mass is 16.1. The monoisotopic (exact) mass is 228 g/mol. The summed E-state index contributed by atoms with van der Waals surface area (Å²) in [6, 6.07) is 7.71. The molecule has 1 aliphatic rings. The molecule has 2 rings (SSSR count). The number of carbonyl (C=O) groups excluding carboxylic acids is 1. The van der Waals surface area contributed by atoms with Crippen molar-refractivity contribution in [3.8, 4) is 0 Å². The van der Waals surface area contributed by atoms with Crippen LogP contribution in [0.3, 0.4) is 0 Å². The number of rotatable bonds is 3. The van der Waals surface area contributed by atoms with Crippen LogP contribution < -0.4 is 0 Å². The van der Waals surface area contributed by atoms with Crippen LogP contribution in [0.25, 0.3) is 4.85 Å². The Bertz CT molecular complexity index is 462.